The highest BCUT2D eigenvalue weighted by Gasteiger charge is 2.18. The average molecular weight is 438 g/mol. The molecule has 0 atom stereocenters. The van der Waals surface area contributed by atoms with Crippen molar-refractivity contribution in [1.82, 2.24) is 14.1 Å². The molecule has 170 valence electrons. The van der Waals surface area contributed by atoms with Crippen LogP contribution in [0.15, 0.2) is 35.1 Å². The Bertz CT molecular complexity index is 1200. The van der Waals surface area contributed by atoms with Crippen LogP contribution in [-0.4, -0.2) is 32.5 Å². The number of ether oxygens (including phenoxy) is 1. The molecule has 32 heavy (non-hydrogen) atoms. The number of esters is 1. The largest absolute Gasteiger partial charge is 0.457 e. The molecule has 0 aliphatic rings. The Balaban J connectivity index is 1.59. The predicted octanol–water partition coefficient (Wildman–Crippen LogP) is 3.76. The van der Waals surface area contributed by atoms with Crippen LogP contribution >= 0.6 is 0 Å². The Hall–Kier alpha value is -3.22. The third-order valence-corrected chi connectivity index (χ3v) is 5.80. The molecule has 0 N–H and O–H groups in total. The van der Waals surface area contributed by atoms with Crippen molar-refractivity contribution in [3.8, 4) is 0 Å². The second-order valence-corrected chi connectivity index (χ2v) is 8.61. The van der Waals surface area contributed by atoms with Crippen molar-refractivity contribution < 1.29 is 14.3 Å². The second-order valence-electron chi connectivity index (χ2n) is 8.61. The minimum atomic E-state index is -0.491. The van der Waals surface area contributed by atoms with E-state index < -0.39 is 5.97 Å². The first kappa shape index (κ1) is 23.4. The standard InChI is InChI=1S/C25H31N3O4/c1-16(2)12-13-28-17(3)14-20(18(28)4)22(29)15-32-24(30)11-10-23-26-21-9-7-6-8-19(21)25(31)27(23)5/h6-9,14,16H,10-13,15H2,1-5H3. The van der Waals surface area contributed by atoms with Crippen molar-refractivity contribution >= 4 is 22.7 Å². The van der Waals surface area contributed by atoms with E-state index >= 15 is 0 Å². The zero-order chi connectivity index (χ0) is 23.4. The Labute approximate surface area is 188 Å². The first-order chi connectivity index (χ1) is 15.2. The van der Waals surface area contributed by atoms with E-state index in [0.29, 0.717) is 28.2 Å². The van der Waals surface area contributed by atoms with Crippen LogP contribution < -0.4 is 5.56 Å². The number of hydrogen-bond acceptors (Lipinski definition) is 5. The van der Waals surface area contributed by atoms with E-state index in [-0.39, 0.29) is 30.8 Å². The van der Waals surface area contributed by atoms with Gasteiger partial charge in [-0.3, -0.25) is 19.0 Å². The number of carbonyl (C=O) groups excluding carboxylic acids is 2. The molecule has 0 saturated heterocycles. The first-order valence-electron chi connectivity index (χ1n) is 11.0. The number of benzene rings is 1. The quantitative estimate of drug-likeness (QED) is 0.376. The molecule has 0 saturated carbocycles. The maximum atomic E-state index is 12.6. The van der Waals surface area contributed by atoms with Gasteiger partial charge >= 0.3 is 5.97 Å². The van der Waals surface area contributed by atoms with Gasteiger partial charge in [-0.05, 0) is 44.4 Å². The predicted molar refractivity (Wildman–Crippen MR) is 124 cm³/mol. The van der Waals surface area contributed by atoms with Gasteiger partial charge in [-0.25, -0.2) is 4.98 Å². The summed E-state index contributed by atoms with van der Waals surface area (Å²) in [6.45, 7) is 8.82. The van der Waals surface area contributed by atoms with Crippen LogP contribution in [0.1, 0.15) is 54.3 Å². The van der Waals surface area contributed by atoms with Gasteiger partial charge < -0.3 is 9.30 Å². The molecule has 0 unspecified atom stereocenters. The van der Waals surface area contributed by atoms with Crippen molar-refractivity contribution in [2.75, 3.05) is 6.61 Å². The molecule has 2 aromatic heterocycles. The number of aryl methyl sites for hydroxylation is 2. The lowest BCUT2D eigenvalue weighted by atomic mass is 10.1. The molecule has 3 rings (SSSR count). The lowest BCUT2D eigenvalue weighted by Crippen LogP contribution is -2.23. The lowest BCUT2D eigenvalue weighted by molar-refractivity contribution is -0.142. The minimum absolute atomic E-state index is 0.0410. The number of rotatable bonds is 9. The summed E-state index contributed by atoms with van der Waals surface area (Å²) in [5.41, 5.74) is 2.97. The molecule has 0 aliphatic heterocycles. The van der Waals surface area contributed by atoms with E-state index in [2.05, 4.69) is 23.4 Å². The van der Waals surface area contributed by atoms with E-state index in [1.54, 1.807) is 25.2 Å². The number of carbonyl (C=O) groups is 2. The highest BCUT2D eigenvalue weighted by molar-refractivity contribution is 5.99. The number of nitrogens with zero attached hydrogens (tertiary/aromatic N) is 3. The van der Waals surface area contributed by atoms with E-state index in [1.165, 1.54) is 4.57 Å². The van der Waals surface area contributed by atoms with E-state index in [1.807, 2.05) is 26.0 Å². The van der Waals surface area contributed by atoms with Crippen LogP contribution in [0, 0.1) is 19.8 Å². The van der Waals surface area contributed by atoms with Crippen LogP contribution in [0.2, 0.25) is 0 Å². The van der Waals surface area contributed by atoms with Crippen LogP contribution in [0.3, 0.4) is 0 Å². The summed E-state index contributed by atoms with van der Waals surface area (Å²) in [5, 5.41) is 0.540. The SMILES string of the molecule is Cc1cc(C(=O)COC(=O)CCc2nc3ccccc3c(=O)n2C)c(C)n1CCC(C)C. The molecule has 0 amide bonds. The van der Waals surface area contributed by atoms with Gasteiger partial charge in [0.25, 0.3) is 5.56 Å². The molecule has 0 aliphatic carbocycles. The molecular formula is C25H31N3O4. The third-order valence-electron chi connectivity index (χ3n) is 5.80. The number of aromatic nitrogens is 3. The first-order valence-corrected chi connectivity index (χ1v) is 11.0. The number of fused-ring (bicyclic) bond motifs is 1. The van der Waals surface area contributed by atoms with Gasteiger partial charge in [-0.15, -0.1) is 0 Å². The van der Waals surface area contributed by atoms with Gasteiger partial charge in [0, 0.05) is 37.0 Å². The summed E-state index contributed by atoms with van der Waals surface area (Å²) >= 11 is 0. The lowest BCUT2D eigenvalue weighted by Gasteiger charge is -2.11. The fourth-order valence-electron chi connectivity index (χ4n) is 3.81. The zero-order valence-electron chi connectivity index (χ0n) is 19.5. The summed E-state index contributed by atoms with van der Waals surface area (Å²) in [7, 11) is 1.64. The Morgan fingerprint density at radius 2 is 1.88 bits per heavy atom. The summed E-state index contributed by atoms with van der Waals surface area (Å²) in [6.07, 6.45) is 1.33. The molecule has 2 heterocycles. The van der Waals surface area contributed by atoms with Crippen molar-refractivity contribution in [3.63, 3.8) is 0 Å². The minimum Gasteiger partial charge on any atom is -0.457 e. The van der Waals surface area contributed by atoms with Crippen molar-refractivity contribution in [2.24, 2.45) is 13.0 Å². The van der Waals surface area contributed by atoms with Gasteiger partial charge in [0.2, 0.25) is 5.78 Å². The van der Waals surface area contributed by atoms with E-state index in [0.717, 1.165) is 24.4 Å². The Morgan fingerprint density at radius 1 is 1.16 bits per heavy atom. The molecule has 0 fully saturated rings. The van der Waals surface area contributed by atoms with Crippen molar-refractivity contribution in [2.45, 2.75) is 53.5 Å². The topological polar surface area (TPSA) is 83.2 Å². The average Bonchev–Trinajstić information content (AvgIpc) is 3.05. The van der Waals surface area contributed by atoms with Crippen LogP contribution in [-0.2, 0) is 29.5 Å². The molecular weight excluding hydrogens is 406 g/mol. The van der Waals surface area contributed by atoms with Crippen LogP contribution in [0.4, 0.5) is 0 Å². The second kappa shape index (κ2) is 9.94. The number of para-hydroxylation sites is 1. The molecule has 3 aromatic rings. The molecule has 0 radical (unpaired) electrons. The molecule has 0 spiro atoms. The molecule has 0 bridgehead atoms. The zero-order valence-corrected chi connectivity index (χ0v) is 19.5. The summed E-state index contributed by atoms with van der Waals surface area (Å²) < 4.78 is 8.82. The Kier molecular flexibility index (Phi) is 7.28. The monoisotopic (exact) mass is 437 g/mol. The highest BCUT2D eigenvalue weighted by Crippen LogP contribution is 2.18. The number of ketones is 1. The van der Waals surface area contributed by atoms with Gasteiger partial charge in [0.1, 0.15) is 5.82 Å². The van der Waals surface area contributed by atoms with Crippen LogP contribution in [0.5, 0.6) is 0 Å². The molecule has 1 aromatic carbocycles. The van der Waals surface area contributed by atoms with Crippen molar-refractivity contribution in [3.05, 3.63) is 63.5 Å². The number of hydrogen-bond donors (Lipinski definition) is 0. The van der Waals surface area contributed by atoms with E-state index in [4.69, 9.17) is 4.74 Å². The van der Waals surface area contributed by atoms with E-state index in [9.17, 15) is 14.4 Å². The highest BCUT2D eigenvalue weighted by atomic mass is 16.5. The smallest absolute Gasteiger partial charge is 0.306 e. The van der Waals surface area contributed by atoms with Gasteiger partial charge in [0.15, 0.2) is 6.61 Å². The number of Topliss-reactive ketones (excluding diaryl/α,β-unsaturated/α-hetero) is 1. The third kappa shape index (κ3) is 5.15. The van der Waals surface area contributed by atoms with Gasteiger partial charge in [0.05, 0.1) is 17.3 Å². The summed E-state index contributed by atoms with van der Waals surface area (Å²) in [4.78, 5) is 41.9. The summed E-state index contributed by atoms with van der Waals surface area (Å²) in [6, 6.07) is 8.98. The van der Waals surface area contributed by atoms with Gasteiger partial charge in [-0.1, -0.05) is 26.0 Å². The maximum Gasteiger partial charge on any atom is 0.306 e. The van der Waals surface area contributed by atoms with Crippen LogP contribution in [0.25, 0.3) is 10.9 Å². The van der Waals surface area contributed by atoms with Crippen molar-refractivity contribution in [1.29, 1.82) is 0 Å². The fraction of sp³-hybridized carbons (Fsp3) is 0.440. The molecule has 7 heteroatoms. The molecule has 7 nitrogen and oxygen atoms in total. The normalized spacial score (nSPS) is 11.3. The summed E-state index contributed by atoms with van der Waals surface area (Å²) in [5.74, 6) is 0.381. The van der Waals surface area contributed by atoms with Gasteiger partial charge in [-0.2, -0.15) is 0 Å². The maximum absolute atomic E-state index is 12.6. The fourth-order valence-corrected chi connectivity index (χ4v) is 3.81. The Morgan fingerprint density at radius 3 is 2.59 bits per heavy atom.